The molecule has 0 spiro atoms. The lowest BCUT2D eigenvalue weighted by molar-refractivity contribution is -0.0124. The van der Waals surface area contributed by atoms with Gasteiger partial charge in [0, 0.05) is 15.1 Å². The van der Waals surface area contributed by atoms with Gasteiger partial charge in [-0.25, -0.2) is 5.48 Å². The molecule has 17 heavy (non-hydrogen) atoms. The molecule has 1 fully saturated rings. The van der Waals surface area contributed by atoms with E-state index in [2.05, 4.69) is 21.4 Å². The van der Waals surface area contributed by atoms with Gasteiger partial charge in [-0.15, -0.1) is 0 Å². The number of benzene rings is 1. The number of halogens is 2. The molecule has 0 aliphatic heterocycles. The van der Waals surface area contributed by atoms with Crippen LogP contribution >= 0.6 is 27.5 Å². The average Bonchev–Trinajstić information content (AvgIpc) is 2.77. The molecule has 0 aromatic heterocycles. The van der Waals surface area contributed by atoms with Crippen molar-refractivity contribution < 1.29 is 9.63 Å². The molecule has 0 atom stereocenters. The molecule has 0 bridgehead atoms. The van der Waals surface area contributed by atoms with Gasteiger partial charge in [0.05, 0.1) is 6.10 Å². The summed E-state index contributed by atoms with van der Waals surface area (Å²) in [6.45, 7) is 0. The van der Waals surface area contributed by atoms with E-state index in [0.29, 0.717) is 10.6 Å². The normalized spacial score (nSPS) is 16.1. The van der Waals surface area contributed by atoms with Crippen LogP contribution in [-0.2, 0) is 4.84 Å². The van der Waals surface area contributed by atoms with E-state index < -0.39 is 0 Å². The van der Waals surface area contributed by atoms with Crippen LogP contribution < -0.4 is 5.48 Å². The van der Waals surface area contributed by atoms with Crippen molar-refractivity contribution >= 4 is 33.4 Å². The van der Waals surface area contributed by atoms with Crippen LogP contribution in [0.1, 0.15) is 36.0 Å². The highest BCUT2D eigenvalue weighted by Gasteiger charge is 2.17. The lowest BCUT2D eigenvalue weighted by atomic mass is 10.2. The van der Waals surface area contributed by atoms with Crippen LogP contribution in [0, 0.1) is 0 Å². The summed E-state index contributed by atoms with van der Waals surface area (Å²) < 4.78 is 0.774. The van der Waals surface area contributed by atoms with Gasteiger partial charge in [0.15, 0.2) is 0 Å². The Morgan fingerprint density at radius 3 is 2.71 bits per heavy atom. The Labute approximate surface area is 114 Å². The third kappa shape index (κ3) is 3.69. The number of amides is 1. The fourth-order valence-corrected chi connectivity index (χ4v) is 2.75. The van der Waals surface area contributed by atoms with Crippen molar-refractivity contribution in [2.24, 2.45) is 0 Å². The van der Waals surface area contributed by atoms with Crippen molar-refractivity contribution in [3.05, 3.63) is 33.3 Å². The molecule has 1 aliphatic rings. The van der Waals surface area contributed by atoms with Gasteiger partial charge in [0.2, 0.25) is 0 Å². The molecule has 1 saturated carbocycles. The third-order valence-corrected chi connectivity index (χ3v) is 3.42. The minimum Gasteiger partial charge on any atom is -0.270 e. The van der Waals surface area contributed by atoms with Gasteiger partial charge in [-0.2, -0.15) is 0 Å². The summed E-state index contributed by atoms with van der Waals surface area (Å²) in [6, 6.07) is 5.05. The molecule has 1 aromatic rings. The third-order valence-electron chi connectivity index (χ3n) is 2.75. The molecule has 0 heterocycles. The predicted octanol–water partition coefficient (Wildman–Crippen LogP) is 3.71. The van der Waals surface area contributed by atoms with E-state index in [9.17, 15) is 4.79 Å². The van der Waals surface area contributed by atoms with Crippen molar-refractivity contribution in [3.8, 4) is 0 Å². The number of rotatable bonds is 3. The Hall–Kier alpha value is -0.580. The first kappa shape index (κ1) is 12.9. The number of nitrogens with one attached hydrogen (secondary N) is 1. The van der Waals surface area contributed by atoms with E-state index in [0.717, 1.165) is 17.3 Å². The molecule has 1 amide bonds. The highest BCUT2D eigenvalue weighted by molar-refractivity contribution is 9.10. The standard InChI is InChI=1S/C12H13BrClNO2/c13-9-5-8(6-10(14)7-9)12(16)15-17-11-3-1-2-4-11/h5-7,11H,1-4H2,(H,15,16). The first-order chi connectivity index (χ1) is 8.15. The molecule has 1 N–H and O–H groups in total. The summed E-state index contributed by atoms with van der Waals surface area (Å²) in [5.74, 6) is -0.264. The quantitative estimate of drug-likeness (QED) is 0.863. The highest BCUT2D eigenvalue weighted by atomic mass is 79.9. The van der Waals surface area contributed by atoms with Gasteiger partial charge in [-0.05, 0) is 31.0 Å². The zero-order chi connectivity index (χ0) is 12.3. The predicted molar refractivity (Wildman–Crippen MR) is 70.0 cm³/mol. The van der Waals surface area contributed by atoms with Gasteiger partial charge < -0.3 is 0 Å². The lowest BCUT2D eigenvalue weighted by Gasteiger charge is -2.11. The summed E-state index contributed by atoms with van der Waals surface area (Å²) in [7, 11) is 0. The molecule has 5 heteroatoms. The van der Waals surface area contributed by atoms with E-state index in [1.807, 2.05) is 0 Å². The number of hydrogen-bond donors (Lipinski definition) is 1. The molecule has 0 unspecified atom stereocenters. The molecule has 0 radical (unpaired) electrons. The average molecular weight is 319 g/mol. The van der Waals surface area contributed by atoms with E-state index in [1.54, 1.807) is 18.2 Å². The molecule has 3 nitrogen and oxygen atoms in total. The lowest BCUT2D eigenvalue weighted by Crippen LogP contribution is -2.28. The second-order valence-corrected chi connectivity index (χ2v) is 5.47. The van der Waals surface area contributed by atoms with E-state index in [-0.39, 0.29) is 12.0 Å². The molecule has 2 rings (SSSR count). The van der Waals surface area contributed by atoms with Crippen molar-refractivity contribution in [1.29, 1.82) is 0 Å². The van der Waals surface area contributed by atoms with E-state index >= 15 is 0 Å². The summed E-state index contributed by atoms with van der Waals surface area (Å²) in [5.41, 5.74) is 2.97. The van der Waals surface area contributed by atoms with Gasteiger partial charge >= 0.3 is 0 Å². The van der Waals surface area contributed by atoms with Crippen molar-refractivity contribution in [2.75, 3.05) is 0 Å². The van der Waals surface area contributed by atoms with Crippen molar-refractivity contribution in [2.45, 2.75) is 31.8 Å². The number of hydroxylamine groups is 1. The summed E-state index contributed by atoms with van der Waals surface area (Å²) in [4.78, 5) is 17.1. The Bertz CT molecular complexity index is 399. The van der Waals surface area contributed by atoms with Crippen molar-refractivity contribution in [1.82, 2.24) is 5.48 Å². The highest BCUT2D eigenvalue weighted by Crippen LogP contribution is 2.21. The van der Waals surface area contributed by atoms with Crippen LogP contribution in [0.25, 0.3) is 0 Å². The maximum atomic E-state index is 11.8. The Balaban J connectivity index is 1.94. The smallest absolute Gasteiger partial charge is 0.270 e. The topological polar surface area (TPSA) is 38.3 Å². The number of carbonyl (C=O) groups excluding carboxylic acids is 1. The summed E-state index contributed by atoms with van der Waals surface area (Å²) in [5, 5.41) is 0.519. The van der Waals surface area contributed by atoms with Gasteiger partial charge in [0.25, 0.3) is 5.91 Å². The monoisotopic (exact) mass is 317 g/mol. The minimum atomic E-state index is -0.264. The Morgan fingerprint density at radius 1 is 1.35 bits per heavy atom. The maximum Gasteiger partial charge on any atom is 0.274 e. The zero-order valence-electron chi connectivity index (χ0n) is 9.21. The summed E-state index contributed by atoms with van der Waals surface area (Å²) in [6.07, 6.45) is 4.52. The van der Waals surface area contributed by atoms with E-state index in [4.69, 9.17) is 16.4 Å². The number of hydrogen-bond acceptors (Lipinski definition) is 2. The molecule has 1 aliphatic carbocycles. The minimum absolute atomic E-state index is 0.154. The van der Waals surface area contributed by atoms with Crippen LogP contribution in [0.2, 0.25) is 5.02 Å². The summed E-state index contributed by atoms with van der Waals surface area (Å²) >= 11 is 9.16. The SMILES string of the molecule is O=C(NOC1CCCC1)c1cc(Cl)cc(Br)c1. The largest absolute Gasteiger partial charge is 0.274 e. The van der Waals surface area contributed by atoms with Crippen LogP contribution in [0.4, 0.5) is 0 Å². The maximum absolute atomic E-state index is 11.8. The fraction of sp³-hybridized carbons (Fsp3) is 0.417. The first-order valence-electron chi connectivity index (χ1n) is 5.57. The second-order valence-electron chi connectivity index (χ2n) is 4.11. The molecular weight excluding hydrogens is 305 g/mol. The fourth-order valence-electron chi connectivity index (χ4n) is 1.89. The molecule has 1 aromatic carbocycles. The Morgan fingerprint density at radius 2 is 2.06 bits per heavy atom. The number of carbonyl (C=O) groups is 1. The van der Waals surface area contributed by atoms with Crippen molar-refractivity contribution in [3.63, 3.8) is 0 Å². The first-order valence-corrected chi connectivity index (χ1v) is 6.74. The molecule has 0 saturated heterocycles. The van der Waals surface area contributed by atoms with Crippen LogP contribution in [0.15, 0.2) is 22.7 Å². The van der Waals surface area contributed by atoms with Crippen LogP contribution in [0.5, 0.6) is 0 Å². The zero-order valence-corrected chi connectivity index (χ0v) is 11.6. The second kappa shape index (κ2) is 5.85. The van der Waals surface area contributed by atoms with Crippen LogP contribution in [0.3, 0.4) is 0 Å². The van der Waals surface area contributed by atoms with Gasteiger partial charge in [-0.1, -0.05) is 40.4 Å². The molecular formula is C12H13BrClNO2. The van der Waals surface area contributed by atoms with E-state index in [1.165, 1.54) is 12.8 Å². The van der Waals surface area contributed by atoms with Crippen LogP contribution in [-0.4, -0.2) is 12.0 Å². The van der Waals surface area contributed by atoms with Gasteiger partial charge in [-0.3, -0.25) is 9.63 Å². The Kier molecular flexibility index (Phi) is 4.42. The van der Waals surface area contributed by atoms with Gasteiger partial charge in [0.1, 0.15) is 0 Å². The molecule has 92 valence electrons.